The van der Waals surface area contributed by atoms with Crippen LogP contribution >= 0.6 is 0 Å². The van der Waals surface area contributed by atoms with Crippen molar-refractivity contribution in [3.05, 3.63) is 215 Å². The summed E-state index contributed by atoms with van der Waals surface area (Å²) >= 11 is 0. The number of hydrogen-bond donors (Lipinski definition) is 1. The highest BCUT2D eigenvalue weighted by molar-refractivity contribution is 5.18. The minimum Gasteiger partial charge on any atom is -0.374 e. The molecule has 6 aromatic rings. The van der Waals surface area contributed by atoms with Gasteiger partial charge in [-0.15, -0.1) is 0 Å². The van der Waals surface area contributed by atoms with Gasteiger partial charge in [0, 0.05) is 0 Å². The average molecular weight is 867 g/mol. The normalized spacial score (nSPS) is 24.9. The summed E-state index contributed by atoms with van der Waals surface area (Å²) in [4.78, 5) is 0. The predicted molar refractivity (Wildman–Crippen MR) is 241 cm³/mol. The van der Waals surface area contributed by atoms with Crippen LogP contribution in [0, 0.1) is 0 Å². The molecule has 64 heavy (non-hydrogen) atoms. The molecule has 10 atom stereocenters. The Morgan fingerprint density at radius 3 is 1.25 bits per heavy atom. The average Bonchev–Trinajstić information content (AvgIpc) is 3.69. The molecule has 10 heteroatoms. The summed E-state index contributed by atoms with van der Waals surface area (Å²) in [6.07, 6.45) is -8.42. The zero-order valence-electron chi connectivity index (χ0n) is 36.2. The maximum atomic E-state index is 11.8. The fraction of sp³-hybridized carbons (Fsp3) is 0.333. The Morgan fingerprint density at radius 1 is 0.422 bits per heavy atom. The van der Waals surface area contributed by atoms with Crippen LogP contribution in [-0.2, 0) is 82.3 Å². The van der Waals surface area contributed by atoms with Crippen molar-refractivity contribution in [1.82, 2.24) is 0 Å². The fourth-order valence-electron chi connectivity index (χ4n) is 8.08. The maximum Gasteiger partial charge on any atom is 0.187 e. The van der Waals surface area contributed by atoms with E-state index in [0.717, 1.165) is 33.4 Å². The van der Waals surface area contributed by atoms with Gasteiger partial charge in [0.25, 0.3) is 0 Å². The molecular formula is C54H58O10. The third kappa shape index (κ3) is 12.8. The number of benzene rings is 6. The Hall–Kier alpha value is -5.08. The molecule has 2 heterocycles. The standard InChI is InChI=1S/C54H58O10/c1-39-47(58-34-42-24-12-4-13-25-42)49(59-35-43-26-14-5-15-27-43)51(53(55)62-39)64-54-52(61-37-45-30-18-7-19-31-45)50(60-36-44-28-16-6-17-29-44)48(63-54)46(57-33-41-22-10-3-11-23-41)38-56-32-40-20-8-2-9-21-40/h2-31,39,46-55H,32-38H2,1H3/t39-,46+,47-,48-,49+,50-,51+,52+,53+,54+/m0/s1. The Labute approximate surface area is 376 Å². The first-order valence-corrected chi connectivity index (χ1v) is 22.1. The van der Waals surface area contributed by atoms with E-state index in [0.29, 0.717) is 19.8 Å². The van der Waals surface area contributed by atoms with Gasteiger partial charge < -0.3 is 47.7 Å². The van der Waals surface area contributed by atoms with Gasteiger partial charge in [-0.3, -0.25) is 0 Å². The first-order chi connectivity index (χ1) is 31.6. The predicted octanol–water partition coefficient (Wildman–Crippen LogP) is 8.98. The third-order valence-corrected chi connectivity index (χ3v) is 11.5. The molecule has 0 bridgehead atoms. The Kier molecular flexibility index (Phi) is 16.9. The van der Waals surface area contributed by atoms with E-state index in [9.17, 15) is 5.11 Å². The second-order valence-corrected chi connectivity index (χ2v) is 16.2. The smallest absolute Gasteiger partial charge is 0.187 e. The van der Waals surface area contributed by atoms with Crippen molar-refractivity contribution in [3.8, 4) is 0 Å². The molecule has 10 nitrogen and oxygen atoms in total. The van der Waals surface area contributed by atoms with Crippen molar-refractivity contribution >= 4 is 0 Å². The molecule has 2 aliphatic heterocycles. The molecule has 8 rings (SSSR count). The lowest BCUT2D eigenvalue weighted by Crippen LogP contribution is -2.60. The molecule has 0 saturated carbocycles. The van der Waals surface area contributed by atoms with Gasteiger partial charge in [-0.1, -0.05) is 182 Å². The minimum absolute atomic E-state index is 0.181. The quantitative estimate of drug-likeness (QED) is 0.0712. The van der Waals surface area contributed by atoms with Crippen molar-refractivity contribution in [1.29, 1.82) is 0 Å². The van der Waals surface area contributed by atoms with Crippen LogP contribution < -0.4 is 0 Å². The maximum absolute atomic E-state index is 11.8. The third-order valence-electron chi connectivity index (χ3n) is 11.5. The number of rotatable bonds is 22. The zero-order chi connectivity index (χ0) is 43.8. The summed E-state index contributed by atoms with van der Waals surface area (Å²) in [5.41, 5.74) is 5.92. The molecule has 0 radical (unpaired) electrons. The Morgan fingerprint density at radius 2 is 0.797 bits per heavy atom. The van der Waals surface area contributed by atoms with Crippen LogP contribution in [0.15, 0.2) is 182 Å². The highest BCUT2D eigenvalue weighted by atomic mass is 16.8. The van der Waals surface area contributed by atoms with Crippen LogP contribution in [0.3, 0.4) is 0 Å². The lowest BCUT2D eigenvalue weighted by atomic mass is 9.98. The number of aliphatic hydroxyl groups excluding tert-OH is 1. The van der Waals surface area contributed by atoms with E-state index in [4.69, 9.17) is 42.6 Å². The lowest BCUT2D eigenvalue weighted by Gasteiger charge is -2.44. The van der Waals surface area contributed by atoms with E-state index >= 15 is 0 Å². The van der Waals surface area contributed by atoms with Gasteiger partial charge in [-0.05, 0) is 40.3 Å². The molecule has 334 valence electrons. The molecule has 2 saturated heterocycles. The van der Waals surface area contributed by atoms with E-state index in [-0.39, 0.29) is 26.4 Å². The zero-order valence-corrected chi connectivity index (χ0v) is 36.2. The molecule has 1 N–H and O–H groups in total. The monoisotopic (exact) mass is 866 g/mol. The molecule has 6 aromatic carbocycles. The van der Waals surface area contributed by atoms with E-state index in [1.165, 1.54) is 0 Å². The molecule has 0 unspecified atom stereocenters. The molecule has 2 fully saturated rings. The lowest BCUT2D eigenvalue weighted by molar-refractivity contribution is -0.337. The van der Waals surface area contributed by atoms with Crippen LogP contribution in [0.2, 0.25) is 0 Å². The van der Waals surface area contributed by atoms with Crippen LogP contribution in [0.4, 0.5) is 0 Å². The summed E-state index contributed by atoms with van der Waals surface area (Å²) in [7, 11) is 0. The van der Waals surface area contributed by atoms with Crippen molar-refractivity contribution in [2.24, 2.45) is 0 Å². The van der Waals surface area contributed by atoms with Crippen molar-refractivity contribution in [3.63, 3.8) is 0 Å². The number of aliphatic hydroxyl groups is 1. The molecule has 0 amide bonds. The van der Waals surface area contributed by atoms with E-state index in [2.05, 4.69) is 0 Å². The first kappa shape index (κ1) is 45.5. The van der Waals surface area contributed by atoms with Crippen LogP contribution in [-0.4, -0.2) is 73.1 Å². The summed E-state index contributed by atoms with van der Waals surface area (Å²) in [6.45, 7) is 3.78. The summed E-state index contributed by atoms with van der Waals surface area (Å²) < 4.78 is 60.5. The van der Waals surface area contributed by atoms with Gasteiger partial charge in [0.2, 0.25) is 0 Å². The van der Waals surface area contributed by atoms with Crippen LogP contribution in [0.5, 0.6) is 0 Å². The number of ether oxygens (including phenoxy) is 9. The van der Waals surface area contributed by atoms with Gasteiger partial charge in [0.15, 0.2) is 12.6 Å². The van der Waals surface area contributed by atoms with E-state index < -0.39 is 61.4 Å². The van der Waals surface area contributed by atoms with Crippen molar-refractivity contribution < 1.29 is 47.7 Å². The molecule has 2 aliphatic rings. The van der Waals surface area contributed by atoms with Gasteiger partial charge in [0.1, 0.15) is 42.7 Å². The van der Waals surface area contributed by atoms with Crippen LogP contribution in [0.1, 0.15) is 40.3 Å². The summed E-state index contributed by atoms with van der Waals surface area (Å²) in [5, 5.41) is 11.8. The minimum atomic E-state index is -1.40. The molecular weight excluding hydrogens is 809 g/mol. The first-order valence-electron chi connectivity index (χ1n) is 22.1. The second-order valence-electron chi connectivity index (χ2n) is 16.2. The Bertz CT molecular complexity index is 2190. The van der Waals surface area contributed by atoms with E-state index in [1.807, 2.05) is 189 Å². The van der Waals surface area contributed by atoms with Crippen LogP contribution in [0.25, 0.3) is 0 Å². The topological polar surface area (TPSA) is 103 Å². The Balaban J connectivity index is 1.12. The molecule has 0 aromatic heterocycles. The fourth-order valence-corrected chi connectivity index (χ4v) is 8.08. The van der Waals surface area contributed by atoms with Gasteiger partial charge in [-0.2, -0.15) is 0 Å². The SMILES string of the molecule is C[C@@H]1O[C@@H](O)[C@H](O[C@H]2O[C@@H]([C@@H](COCc3ccccc3)OCc3ccccc3)[C@H](OCc3ccccc3)[C@H]2OCc2ccccc2)[C@H](OCc2ccccc2)[C@H]1OCc1ccccc1. The van der Waals surface area contributed by atoms with Gasteiger partial charge in [-0.25, -0.2) is 0 Å². The van der Waals surface area contributed by atoms with Gasteiger partial charge in [0.05, 0.1) is 52.4 Å². The largest absolute Gasteiger partial charge is 0.374 e. The molecule has 0 aliphatic carbocycles. The second kappa shape index (κ2) is 23.7. The van der Waals surface area contributed by atoms with E-state index in [1.54, 1.807) is 0 Å². The highest BCUT2D eigenvalue weighted by Gasteiger charge is 2.54. The summed E-state index contributed by atoms with van der Waals surface area (Å²) in [6, 6.07) is 59.8. The molecule has 0 spiro atoms. The number of hydrogen-bond acceptors (Lipinski definition) is 10. The highest BCUT2D eigenvalue weighted by Crippen LogP contribution is 2.37. The van der Waals surface area contributed by atoms with Gasteiger partial charge >= 0.3 is 0 Å². The van der Waals surface area contributed by atoms with Crippen molar-refractivity contribution in [2.75, 3.05) is 6.61 Å². The van der Waals surface area contributed by atoms with Crippen molar-refractivity contribution in [2.45, 2.75) is 108 Å². The summed E-state index contributed by atoms with van der Waals surface area (Å²) in [5.74, 6) is 0.